The number of benzene rings is 1. The fourth-order valence-electron chi connectivity index (χ4n) is 3.42. The molecule has 1 atom stereocenters. The summed E-state index contributed by atoms with van der Waals surface area (Å²) in [7, 11) is -3.16. The molecule has 178 valence electrons. The highest BCUT2D eigenvalue weighted by atomic mass is 127. The molecular weight excluding hydrogens is 531 g/mol. The fourth-order valence-corrected chi connectivity index (χ4v) is 4.35. The zero-order chi connectivity index (χ0) is 22.1. The summed E-state index contributed by atoms with van der Waals surface area (Å²) in [5, 5.41) is 6.51. The maximum absolute atomic E-state index is 11.7. The number of aliphatic imine (C=N–C) groups is 1. The van der Waals surface area contributed by atoms with Crippen molar-refractivity contribution in [2.24, 2.45) is 4.99 Å². The molecule has 0 amide bonds. The molecule has 10 heteroatoms. The van der Waals surface area contributed by atoms with Crippen LogP contribution in [0, 0.1) is 0 Å². The van der Waals surface area contributed by atoms with Gasteiger partial charge in [0.05, 0.1) is 19.4 Å². The molecule has 8 nitrogen and oxygen atoms in total. The van der Waals surface area contributed by atoms with Gasteiger partial charge in [-0.25, -0.2) is 17.7 Å². The van der Waals surface area contributed by atoms with Crippen molar-refractivity contribution in [3.05, 3.63) is 23.3 Å². The molecule has 0 aliphatic carbocycles. The Morgan fingerprint density at radius 3 is 2.65 bits per heavy atom. The van der Waals surface area contributed by atoms with E-state index in [1.54, 1.807) is 0 Å². The van der Waals surface area contributed by atoms with Crippen molar-refractivity contribution in [3.8, 4) is 11.5 Å². The predicted octanol–water partition coefficient (Wildman–Crippen LogP) is 2.75. The minimum Gasteiger partial charge on any atom is -0.494 e. The molecule has 1 aliphatic heterocycles. The first-order valence-electron chi connectivity index (χ1n) is 10.7. The summed E-state index contributed by atoms with van der Waals surface area (Å²) in [5.41, 5.74) is 2.16. The van der Waals surface area contributed by atoms with Gasteiger partial charge in [0.2, 0.25) is 10.0 Å². The van der Waals surface area contributed by atoms with E-state index in [1.807, 2.05) is 26.8 Å². The monoisotopic (exact) mass is 568 g/mol. The summed E-state index contributed by atoms with van der Waals surface area (Å²) in [6.07, 6.45) is 3.01. The lowest BCUT2D eigenvalue weighted by Gasteiger charge is -2.18. The quantitative estimate of drug-likeness (QED) is 0.185. The Bertz CT molecular complexity index is 833. The minimum absolute atomic E-state index is 0. The molecule has 1 heterocycles. The van der Waals surface area contributed by atoms with Crippen molar-refractivity contribution < 1.29 is 17.9 Å². The van der Waals surface area contributed by atoms with E-state index in [0.717, 1.165) is 30.0 Å². The van der Waals surface area contributed by atoms with Crippen LogP contribution in [0.3, 0.4) is 0 Å². The molecule has 2 rings (SSSR count). The van der Waals surface area contributed by atoms with Crippen molar-refractivity contribution >= 4 is 40.0 Å². The first-order valence-corrected chi connectivity index (χ1v) is 12.6. The van der Waals surface area contributed by atoms with Gasteiger partial charge in [-0.05, 0) is 39.3 Å². The largest absolute Gasteiger partial charge is 0.494 e. The second kappa shape index (κ2) is 13.3. The second-order valence-corrected chi connectivity index (χ2v) is 9.35. The van der Waals surface area contributed by atoms with Crippen molar-refractivity contribution in [2.75, 3.05) is 39.0 Å². The topological polar surface area (TPSA) is 92.3 Å². The van der Waals surface area contributed by atoms with Gasteiger partial charge in [0.1, 0.15) is 17.6 Å². The number of hydrogen-bond acceptors (Lipinski definition) is 5. The van der Waals surface area contributed by atoms with E-state index >= 15 is 0 Å². The maximum Gasteiger partial charge on any atom is 0.211 e. The second-order valence-electron chi connectivity index (χ2n) is 7.36. The van der Waals surface area contributed by atoms with Gasteiger partial charge in [-0.3, -0.25) is 0 Å². The Morgan fingerprint density at radius 1 is 1.29 bits per heavy atom. The van der Waals surface area contributed by atoms with E-state index in [-0.39, 0.29) is 30.1 Å². The molecule has 0 fully saturated rings. The molecule has 1 aliphatic rings. The van der Waals surface area contributed by atoms with Crippen LogP contribution in [0.15, 0.2) is 17.1 Å². The number of halogens is 1. The van der Waals surface area contributed by atoms with Crippen LogP contribution in [-0.4, -0.2) is 63.8 Å². The van der Waals surface area contributed by atoms with E-state index in [2.05, 4.69) is 28.6 Å². The van der Waals surface area contributed by atoms with Crippen molar-refractivity contribution in [1.29, 1.82) is 0 Å². The molecule has 0 spiro atoms. The molecule has 1 aromatic rings. The first kappa shape index (κ1) is 27.8. The van der Waals surface area contributed by atoms with Gasteiger partial charge in [-0.2, -0.15) is 0 Å². The zero-order valence-electron chi connectivity index (χ0n) is 19.2. The Hall–Kier alpha value is -1.27. The van der Waals surface area contributed by atoms with E-state index in [1.165, 1.54) is 16.1 Å². The molecule has 1 unspecified atom stereocenters. The highest BCUT2D eigenvalue weighted by Crippen LogP contribution is 2.35. The third-order valence-corrected chi connectivity index (χ3v) is 6.21. The summed E-state index contributed by atoms with van der Waals surface area (Å²) in [6.45, 7) is 11.3. The van der Waals surface area contributed by atoms with Crippen LogP contribution in [0.4, 0.5) is 0 Å². The molecule has 0 saturated heterocycles. The first-order chi connectivity index (χ1) is 14.3. The number of nitrogens with zero attached hydrogens (tertiary/aromatic N) is 2. The van der Waals surface area contributed by atoms with Gasteiger partial charge in [-0.15, -0.1) is 24.0 Å². The zero-order valence-corrected chi connectivity index (χ0v) is 22.4. The summed E-state index contributed by atoms with van der Waals surface area (Å²) in [4.78, 5) is 4.68. The molecular formula is C21H37IN4O4S. The van der Waals surface area contributed by atoms with Gasteiger partial charge < -0.3 is 20.1 Å². The van der Waals surface area contributed by atoms with Crippen LogP contribution in [0.1, 0.15) is 45.2 Å². The van der Waals surface area contributed by atoms with E-state index in [9.17, 15) is 8.42 Å². The van der Waals surface area contributed by atoms with Crippen molar-refractivity contribution in [1.82, 2.24) is 14.9 Å². The van der Waals surface area contributed by atoms with E-state index in [0.29, 0.717) is 45.2 Å². The van der Waals surface area contributed by atoms with Crippen molar-refractivity contribution in [3.63, 3.8) is 0 Å². The summed E-state index contributed by atoms with van der Waals surface area (Å²) in [6, 6.07) is 4.10. The van der Waals surface area contributed by atoms with Crippen LogP contribution in [0.25, 0.3) is 0 Å². The predicted molar refractivity (Wildman–Crippen MR) is 136 cm³/mol. The number of nitrogens with one attached hydrogen (secondary N) is 2. The molecule has 0 radical (unpaired) electrons. The van der Waals surface area contributed by atoms with Gasteiger partial charge in [0.25, 0.3) is 0 Å². The standard InChI is InChI=1S/C21H36N4O4S.HI/c1-6-22-21(23-10-9-11-25(7-2)30(5,26)27)24-15-18-14-20-17(12-16(4)29-20)13-19(18)28-8-3;/h13-14,16H,6-12,15H2,1-5H3,(H2,22,23,24);1H. The highest BCUT2D eigenvalue weighted by Gasteiger charge is 2.21. The van der Waals surface area contributed by atoms with Gasteiger partial charge in [-0.1, -0.05) is 6.92 Å². The van der Waals surface area contributed by atoms with E-state index < -0.39 is 10.0 Å². The maximum atomic E-state index is 11.7. The SMILES string of the molecule is CCNC(=NCc1cc2c(cc1OCC)CC(C)O2)NCCCN(CC)S(C)(=O)=O.I. The number of sulfonamides is 1. The molecule has 31 heavy (non-hydrogen) atoms. The van der Waals surface area contributed by atoms with Gasteiger partial charge >= 0.3 is 0 Å². The number of guanidine groups is 1. The van der Waals surface area contributed by atoms with Crippen LogP contribution in [0.2, 0.25) is 0 Å². The normalized spacial score (nSPS) is 15.8. The molecule has 0 bridgehead atoms. The summed E-state index contributed by atoms with van der Waals surface area (Å²) in [5.74, 6) is 2.45. The smallest absolute Gasteiger partial charge is 0.211 e. The van der Waals surface area contributed by atoms with Crippen molar-refractivity contribution in [2.45, 2.75) is 53.2 Å². The average molecular weight is 569 g/mol. The molecule has 0 aromatic heterocycles. The van der Waals surface area contributed by atoms with Crippen LogP contribution >= 0.6 is 24.0 Å². The summed E-state index contributed by atoms with van der Waals surface area (Å²) < 4.78 is 36.6. The third-order valence-electron chi connectivity index (χ3n) is 4.83. The van der Waals surface area contributed by atoms with Crippen LogP contribution in [0.5, 0.6) is 11.5 Å². The average Bonchev–Trinajstić information content (AvgIpc) is 3.03. The molecule has 2 N–H and O–H groups in total. The Balaban J connectivity index is 0.00000480. The Morgan fingerprint density at radius 2 is 2.03 bits per heavy atom. The lowest BCUT2D eigenvalue weighted by molar-refractivity contribution is 0.254. The van der Waals surface area contributed by atoms with Gasteiger partial charge in [0, 0.05) is 43.7 Å². The minimum atomic E-state index is -3.16. The fraction of sp³-hybridized carbons (Fsp3) is 0.667. The lowest BCUT2D eigenvalue weighted by Crippen LogP contribution is -2.39. The Kier molecular flexibility index (Phi) is 11.9. The third kappa shape index (κ3) is 8.64. The molecule has 0 saturated carbocycles. The van der Waals surface area contributed by atoms with Crippen LogP contribution < -0.4 is 20.1 Å². The summed E-state index contributed by atoms with van der Waals surface area (Å²) >= 11 is 0. The number of rotatable bonds is 11. The molecule has 1 aromatic carbocycles. The number of hydrogen-bond donors (Lipinski definition) is 2. The lowest BCUT2D eigenvalue weighted by atomic mass is 10.1. The van der Waals surface area contributed by atoms with Crippen LogP contribution in [-0.2, 0) is 23.0 Å². The highest BCUT2D eigenvalue weighted by molar-refractivity contribution is 14.0. The Labute approximate surface area is 204 Å². The van der Waals surface area contributed by atoms with Gasteiger partial charge in [0.15, 0.2) is 5.96 Å². The van der Waals surface area contributed by atoms with E-state index in [4.69, 9.17) is 9.47 Å². The number of fused-ring (bicyclic) bond motifs is 1. The number of ether oxygens (including phenoxy) is 2.